The first kappa shape index (κ1) is 25.6. The molecule has 2 aliphatic rings. The van der Waals surface area contributed by atoms with Crippen LogP contribution in [-0.2, 0) is 4.79 Å². The van der Waals surface area contributed by atoms with E-state index in [4.69, 9.17) is 4.99 Å². The number of hydrogen-bond acceptors (Lipinski definition) is 6. The van der Waals surface area contributed by atoms with Gasteiger partial charge in [-0.15, -0.1) is 24.0 Å². The lowest BCUT2D eigenvalue weighted by Gasteiger charge is -2.34. The van der Waals surface area contributed by atoms with Crippen molar-refractivity contribution in [1.29, 1.82) is 0 Å². The molecule has 9 nitrogen and oxygen atoms in total. The minimum Gasteiger partial charge on any atom is -0.357 e. The average Bonchev–Trinajstić information content (AvgIpc) is 3.23. The first-order valence-corrected chi connectivity index (χ1v) is 11.1. The van der Waals surface area contributed by atoms with Gasteiger partial charge >= 0.3 is 0 Å². The molecular weight excluding hydrogens is 507 g/mol. The van der Waals surface area contributed by atoms with Gasteiger partial charge in [-0.2, -0.15) is 0 Å². The highest BCUT2D eigenvalue weighted by Crippen LogP contribution is 2.13. The van der Waals surface area contributed by atoms with E-state index in [1.807, 2.05) is 24.8 Å². The smallest absolute Gasteiger partial charge is 0.225 e. The van der Waals surface area contributed by atoms with E-state index in [2.05, 4.69) is 37.3 Å². The van der Waals surface area contributed by atoms with E-state index >= 15 is 0 Å². The van der Waals surface area contributed by atoms with Crippen LogP contribution in [-0.4, -0.2) is 96.6 Å². The fourth-order valence-electron chi connectivity index (χ4n) is 3.89. The lowest BCUT2D eigenvalue weighted by atomic mass is 10.2. The minimum atomic E-state index is 0. The fourth-order valence-corrected chi connectivity index (χ4v) is 3.89. The number of nitrogens with zero attached hydrogens (tertiary/aromatic N) is 6. The third kappa shape index (κ3) is 7.74. The Morgan fingerprint density at radius 2 is 1.90 bits per heavy atom. The second-order valence-corrected chi connectivity index (χ2v) is 8.21. The van der Waals surface area contributed by atoms with Gasteiger partial charge in [-0.1, -0.05) is 13.8 Å². The highest BCUT2D eigenvalue weighted by Gasteiger charge is 2.28. The second kappa shape index (κ2) is 13.0. The van der Waals surface area contributed by atoms with Gasteiger partial charge in [-0.05, 0) is 19.4 Å². The summed E-state index contributed by atoms with van der Waals surface area (Å²) in [6.07, 6.45) is 4.55. The summed E-state index contributed by atoms with van der Waals surface area (Å²) < 4.78 is 0. The summed E-state index contributed by atoms with van der Waals surface area (Å²) in [6.45, 7) is 13.9. The van der Waals surface area contributed by atoms with E-state index in [0.717, 1.165) is 77.2 Å². The number of amides is 1. The molecule has 2 N–H and O–H groups in total. The zero-order valence-electron chi connectivity index (χ0n) is 19.0. The third-order valence-electron chi connectivity index (χ3n) is 5.57. The summed E-state index contributed by atoms with van der Waals surface area (Å²) in [4.78, 5) is 32.3. The van der Waals surface area contributed by atoms with Gasteiger partial charge in [0.1, 0.15) is 0 Å². The molecule has 2 fully saturated rings. The fraction of sp³-hybridized carbons (Fsp3) is 0.714. The van der Waals surface area contributed by atoms with Crippen LogP contribution in [0.15, 0.2) is 23.5 Å². The molecule has 2 saturated heterocycles. The van der Waals surface area contributed by atoms with Crippen molar-refractivity contribution in [3.05, 3.63) is 18.5 Å². The Bertz CT molecular complexity index is 694. The maximum absolute atomic E-state index is 12.2. The zero-order chi connectivity index (χ0) is 21.3. The van der Waals surface area contributed by atoms with Gasteiger partial charge < -0.3 is 20.4 Å². The van der Waals surface area contributed by atoms with Crippen molar-refractivity contribution in [3.8, 4) is 0 Å². The minimum absolute atomic E-state index is 0. The van der Waals surface area contributed by atoms with Crippen molar-refractivity contribution < 1.29 is 4.79 Å². The van der Waals surface area contributed by atoms with Crippen molar-refractivity contribution >= 4 is 41.8 Å². The Kier molecular flexibility index (Phi) is 10.7. The van der Waals surface area contributed by atoms with Crippen molar-refractivity contribution in [2.75, 3.05) is 63.8 Å². The van der Waals surface area contributed by atoms with Crippen LogP contribution in [0.4, 0.5) is 5.95 Å². The number of nitrogens with one attached hydrogen (secondary N) is 2. The van der Waals surface area contributed by atoms with Gasteiger partial charge in [0.05, 0.1) is 6.54 Å². The lowest BCUT2D eigenvalue weighted by Crippen LogP contribution is -2.48. The molecule has 0 saturated carbocycles. The van der Waals surface area contributed by atoms with Crippen LogP contribution in [0.25, 0.3) is 0 Å². The van der Waals surface area contributed by atoms with Crippen LogP contribution in [0, 0.1) is 5.92 Å². The molecule has 174 valence electrons. The number of carbonyl (C=O) groups excluding carboxylic acids is 1. The summed E-state index contributed by atoms with van der Waals surface area (Å²) in [5.74, 6) is 1.95. The zero-order valence-corrected chi connectivity index (χ0v) is 21.3. The number of hydrogen-bond donors (Lipinski definition) is 2. The molecule has 1 aromatic heterocycles. The first-order valence-electron chi connectivity index (χ1n) is 11.1. The lowest BCUT2D eigenvalue weighted by molar-refractivity contribution is -0.133. The number of carbonyl (C=O) groups is 1. The van der Waals surface area contributed by atoms with E-state index in [0.29, 0.717) is 0 Å². The number of guanidine groups is 1. The number of anilines is 1. The molecule has 0 spiro atoms. The van der Waals surface area contributed by atoms with Gasteiger partial charge in [0, 0.05) is 76.7 Å². The molecule has 1 amide bonds. The molecule has 1 unspecified atom stereocenters. The third-order valence-corrected chi connectivity index (χ3v) is 5.57. The van der Waals surface area contributed by atoms with Crippen molar-refractivity contribution in [3.63, 3.8) is 0 Å². The summed E-state index contributed by atoms with van der Waals surface area (Å²) >= 11 is 0. The van der Waals surface area contributed by atoms with Crippen molar-refractivity contribution in [2.24, 2.45) is 10.9 Å². The number of rotatable bonds is 7. The van der Waals surface area contributed by atoms with Crippen molar-refractivity contribution in [1.82, 2.24) is 30.4 Å². The molecular formula is C21H37IN8O. The summed E-state index contributed by atoms with van der Waals surface area (Å²) in [5, 5.41) is 6.84. The van der Waals surface area contributed by atoms with Gasteiger partial charge in [0.15, 0.2) is 5.96 Å². The van der Waals surface area contributed by atoms with E-state index in [1.54, 1.807) is 12.4 Å². The highest BCUT2D eigenvalue weighted by atomic mass is 127. The number of aliphatic imine (C=N–C) groups is 1. The molecule has 0 radical (unpaired) electrons. The van der Waals surface area contributed by atoms with E-state index in [9.17, 15) is 4.79 Å². The average molecular weight is 544 g/mol. The Hall–Kier alpha value is -1.69. The molecule has 1 atom stereocenters. The summed E-state index contributed by atoms with van der Waals surface area (Å²) in [5.41, 5.74) is 0. The van der Waals surface area contributed by atoms with Gasteiger partial charge in [0.25, 0.3) is 0 Å². The van der Waals surface area contributed by atoms with E-state index in [-0.39, 0.29) is 41.8 Å². The second-order valence-electron chi connectivity index (χ2n) is 8.21. The van der Waals surface area contributed by atoms with Crippen LogP contribution in [0.5, 0.6) is 0 Å². The molecule has 3 heterocycles. The van der Waals surface area contributed by atoms with Crippen LogP contribution in [0.2, 0.25) is 0 Å². The highest BCUT2D eigenvalue weighted by molar-refractivity contribution is 14.0. The van der Waals surface area contributed by atoms with Gasteiger partial charge in [-0.3, -0.25) is 14.7 Å². The van der Waals surface area contributed by atoms with Crippen LogP contribution < -0.4 is 15.5 Å². The molecule has 31 heavy (non-hydrogen) atoms. The Morgan fingerprint density at radius 3 is 2.55 bits per heavy atom. The molecule has 0 aromatic carbocycles. The number of piperazine rings is 1. The number of aromatic nitrogens is 2. The Balaban J connectivity index is 0.00000341. The van der Waals surface area contributed by atoms with Gasteiger partial charge in [-0.25, -0.2) is 9.97 Å². The predicted octanol–water partition coefficient (Wildman–Crippen LogP) is 1.03. The molecule has 0 bridgehead atoms. The maximum atomic E-state index is 12.2. The summed E-state index contributed by atoms with van der Waals surface area (Å²) in [7, 11) is 0. The maximum Gasteiger partial charge on any atom is 0.225 e. The van der Waals surface area contributed by atoms with Gasteiger partial charge in [0.2, 0.25) is 11.9 Å². The molecule has 0 aliphatic carbocycles. The topological polar surface area (TPSA) is 89.0 Å². The summed E-state index contributed by atoms with van der Waals surface area (Å²) in [6, 6.07) is 2.11. The largest absolute Gasteiger partial charge is 0.357 e. The molecule has 3 rings (SSSR count). The van der Waals surface area contributed by atoms with Crippen LogP contribution in [0.3, 0.4) is 0 Å². The number of likely N-dealkylation sites (tertiary alicyclic amines) is 1. The molecule has 1 aromatic rings. The van der Waals surface area contributed by atoms with Crippen molar-refractivity contribution in [2.45, 2.75) is 33.2 Å². The van der Waals surface area contributed by atoms with Crippen LogP contribution >= 0.6 is 24.0 Å². The Labute approximate surface area is 203 Å². The quantitative estimate of drug-likeness (QED) is 0.301. The number of halogens is 1. The molecule has 2 aliphatic heterocycles. The van der Waals surface area contributed by atoms with E-state index in [1.165, 1.54) is 0 Å². The monoisotopic (exact) mass is 544 g/mol. The predicted molar refractivity (Wildman–Crippen MR) is 135 cm³/mol. The normalized spacial score (nSPS) is 20.0. The first-order chi connectivity index (χ1) is 14.6. The molecule has 10 heteroatoms. The standard InChI is InChI=1S/C21H36N8O.HI/c1-4-22-20(26-18-6-10-29(16-18)19(30)17(2)3)23-9-11-27-12-14-28(15-13-27)21-24-7-5-8-25-21;/h5,7-8,17-18H,4,6,9-16H2,1-3H3,(H2,22,23,26);1H. The van der Waals surface area contributed by atoms with E-state index < -0.39 is 0 Å². The van der Waals surface area contributed by atoms with Crippen LogP contribution in [0.1, 0.15) is 27.2 Å². The Morgan fingerprint density at radius 1 is 1.19 bits per heavy atom. The SMILES string of the molecule is CCNC(=NCCN1CCN(c2ncccn2)CC1)NC1CCN(C(=O)C(C)C)C1.I.